The van der Waals surface area contributed by atoms with E-state index in [0.717, 1.165) is 24.0 Å². The maximum absolute atomic E-state index is 6.23. The van der Waals surface area contributed by atoms with Crippen LogP contribution in [-0.4, -0.2) is 19.9 Å². The summed E-state index contributed by atoms with van der Waals surface area (Å²) >= 11 is 13.8. The molecule has 29 heavy (non-hydrogen) atoms. The van der Waals surface area contributed by atoms with E-state index in [4.69, 9.17) is 23.2 Å². The summed E-state index contributed by atoms with van der Waals surface area (Å²) in [6, 6.07) is 3.91. The second-order valence-corrected chi connectivity index (χ2v) is 10.8. The third-order valence-corrected chi connectivity index (χ3v) is 8.04. The normalized spacial score (nSPS) is 14.6. The van der Waals surface area contributed by atoms with Gasteiger partial charge < -0.3 is 0 Å². The molecule has 0 aliphatic carbocycles. The predicted octanol–water partition coefficient (Wildman–Crippen LogP) is 6.63. The van der Waals surface area contributed by atoms with Crippen molar-refractivity contribution in [2.24, 2.45) is 0 Å². The van der Waals surface area contributed by atoms with Crippen LogP contribution in [0.4, 0.5) is 0 Å². The van der Waals surface area contributed by atoms with Crippen LogP contribution in [0.5, 0.6) is 0 Å². The Labute approximate surface area is 186 Å². The van der Waals surface area contributed by atoms with Crippen molar-refractivity contribution in [1.82, 2.24) is 19.9 Å². The number of hydrogen-bond acceptors (Lipinski definition) is 5. The molecule has 3 heterocycles. The van der Waals surface area contributed by atoms with Gasteiger partial charge in [-0.1, -0.05) is 63.9 Å². The van der Waals surface area contributed by atoms with Crippen molar-refractivity contribution in [3.8, 4) is 0 Å². The summed E-state index contributed by atoms with van der Waals surface area (Å²) < 4.78 is 0.562. The Morgan fingerprint density at radius 3 is 2.07 bits per heavy atom. The maximum atomic E-state index is 6.23. The Bertz CT molecular complexity index is 954. The average molecular weight is 449 g/mol. The van der Waals surface area contributed by atoms with Crippen molar-refractivity contribution >= 4 is 34.5 Å². The number of thiazole rings is 1. The molecule has 0 radical (unpaired) electrons. The van der Waals surface area contributed by atoms with E-state index in [1.807, 2.05) is 30.9 Å². The van der Waals surface area contributed by atoms with Crippen molar-refractivity contribution in [2.75, 3.05) is 0 Å². The van der Waals surface area contributed by atoms with E-state index in [-0.39, 0.29) is 16.2 Å². The van der Waals surface area contributed by atoms with E-state index in [9.17, 15) is 0 Å². The minimum Gasteiger partial charge on any atom is -0.245 e. The Morgan fingerprint density at radius 1 is 0.828 bits per heavy atom. The monoisotopic (exact) mass is 448 g/mol. The second kappa shape index (κ2) is 8.29. The summed E-state index contributed by atoms with van der Waals surface area (Å²) in [6.07, 6.45) is 11.1. The number of rotatable bonds is 7. The molecule has 1 atom stereocenters. The lowest BCUT2D eigenvalue weighted by atomic mass is 9.59. The molecule has 0 aromatic carbocycles. The molecule has 0 fully saturated rings. The molecule has 3 aromatic rings. The zero-order valence-corrected chi connectivity index (χ0v) is 19.7. The Hall–Kier alpha value is -1.56. The molecule has 0 amide bonds. The SMILES string of the molecule is CC(C)(CCC(C)(c1cnc(Cl)s1)C(C)(C)c1ccc(Cl)nc1)c1cncnc1. The second-order valence-electron chi connectivity index (χ2n) is 8.82. The van der Waals surface area contributed by atoms with Crippen LogP contribution in [0, 0.1) is 0 Å². The average Bonchev–Trinajstić information content (AvgIpc) is 3.14. The van der Waals surface area contributed by atoms with Gasteiger partial charge in [-0.15, -0.1) is 11.3 Å². The number of halogens is 2. The Kier molecular flexibility index (Phi) is 6.32. The van der Waals surface area contributed by atoms with Crippen LogP contribution in [0.15, 0.2) is 43.2 Å². The molecule has 0 aliphatic rings. The highest BCUT2D eigenvalue weighted by Gasteiger charge is 2.45. The highest BCUT2D eigenvalue weighted by Crippen LogP contribution is 2.50. The van der Waals surface area contributed by atoms with Crippen LogP contribution in [0.1, 0.15) is 63.5 Å². The van der Waals surface area contributed by atoms with Gasteiger partial charge in [0.25, 0.3) is 0 Å². The van der Waals surface area contributed by atoms with Gasteiger partial charge in [0.15, 0.2) is 4.47 Å². The van der Waals surface area contributed by atoms with Crippen LogP contribution in [0.3, 0.4) is 0 Å². The predicted molar refractivity (Wildman–Crippen MR) is 121 cm³/mol. The van der Waals surface area contributed by atoms with Gasteiger partial charge in [0.2, 0.25) is 0 Å². The van der Waals surface area contributed by atoms with Gasteiger partial charge in [0.1, 0.15) is 11.5 Å². The third kappa shape index (κ3) is 4.47. The molecule has 1 unspecified atom stereocenters. The lowest BCUT2D eigenvalue weighted by Gasteiger charge is -2.45. The van der Waals surface area contributed by atoms with Crippen LogP contribution in [0.25, 0.3) is 0 Å². The molecule has 0 saturated heterocycles. The van der Waals surface area contributed by atoms with E-state index in [0.29, 0.717) is 9.62 Å². The quantitative estimate of drug-likeness (QED) is 0.380. The first-order valence-corrected chi connectivity index (χ1v) is 11.1. The molecule has 7 heteroatoms. The maximum Gasteiger partial charge on any atom is 0.183 e. The van der Waals surface area contributed by atoms with E-state index in [1.165, 1.54) is 4.88 Å². The molecule has 4 nitrogen and oxygen atoms in total. The molecule has 3 rings (SSSR count). The fraction of sp³-hybridized carbons (Fsp3) is 0.455. The molecule has 3 aromatic heterocycles. The Balaban J connectivity index is 1.99. The van der Waals surface area contributed by atoms with Crippen LogP contribution >= 0.6 is 34.5 Å². The van der Waals surface area contributed by atoms with Gasteiger partial charge in [0.05, 0.1) is 0 Å². The van der Waals surface area contributed by atoms with E-state index >= 15 is 0 Å². The molecular formula is C22H26Cl2N4S. The van der Waals surface area contributed by atoms with Crippen molar-refractivity contribution in [1.29, 1.82) is 0 Å². The highest BCUT2D eigenvalue weighted by molar-refractivity contribution is 7.15. The standard InChI is InChI=1S/C22H26Cl2N4S/c1-20(2,16-10-25-14-26-11-16)8-9-22(5,17-13-28-19(24)29-17)21(3,4)15-6-7-18(23)27-12-15/h6-7,10-14H,8-9H2,1-5H3. The molecule has 0 N–H and O–H groups in total. The van der Waals surface area contributed by atoms with Crippen LogP contribution in [-0.2, 0) is 16.2 Å². The zero-order chi connectivity index (χ0) is 21.3. The van der Waals surface area contributed by atoms with Crippen molar-refractivity contribution in [2.45, 2.75) is 63.7 Å². The number of hydrogen-bond donors (Lipinski definition) is 0. The highest BCUT2D eigenvalue weighted by atomic mass is 35.5. The molecule has 0 bridgehead atoms. The minimum atomic E-state index is -0.219. The topological polar surface area (TPSA) is 51.6 Å². The van der Waals surface area contributed by atoms with Gasteiger partial charge >= 0.3 is 0 Å². The fourth-order valence-electron chi connectivity index (χ4n) is 3.67. The molecule has 0 aliphatic heterocycles. The lowest BCUT2D eigenvalue weighted by Crippen LogP contribution is -2.43. The summed E-state index contributed by atoms with van der Waals surface area (Å²) in [5.41, 5.74) is 1.78. The van der Waals surface area contributed by atoms with E-state index in [1.54, 1.807) is 17.7 Å². The molecule has 154 valence electrons. The van der Waals surface area contributed by atoms with Gasteiger partial charge in [-0.05, 0) is 35.4 Å². The van der Waals surface area contributed by atoms with Gasteiger partial charge in [-0.25, -0.2) is 19.9 Å². The number of aromatic nitrogens is 4. The summed E-state index contributed by atoms with van der Waals surface area (Å²) in [5, 5.41) is 0.497. The Morgan fingerprint density at radius 2 is 1.52 bits per heavy atom. The van der Waals surface area contributed by atoms with Crippen molar-refractivity contribution < 1.29 is 0 Å². The summed E-state index contributed by atoms with van der Waals surface area (Å²) in [4.78, 5) is 18.2. The fourth-order valence-corrected chi connectivity index (χ4v) is 5.06. The molecule has 0 saturated carbocycles. The van der Waals surface area contributed by atoms with Crippen molar-refractivity contribution in [3.63, 3.8) is 0 Å². The summed E-state index contributed by atoms with van der Waals surface area (Å²) in [5.74, 6) is 0. The zero-order valence-electron chi connectivity index (χ0n) is 17.4. The van der Waals surface area contributed by atoms with Gasteiger partial charge in [-0.3, -0.25) is 0 Å². The first kappa shape index (κ1) is 22.1. The van der Waals surface area contributed by atoms with Gasteiger partial charge in [0, 0.05) is 40.5 Å². The van der Waals surface area contributed by atoms with Gasteiger partial charge in [-0.2, -0.15) is 0 Å². The minimum absolute atomic E-state index is 0.0642. The first-order chi connectivity index (χ1) is 13.6. The third-order valence-electron chi connectivity index (χ3n) is 6.44. The number of nitrogens with zero attached hydrogens (tertiary/aromatic N) is 4. The lowest BCUT2D eigenvalue weighted by molar-refractivity contribution is 0.236. The number of pyridine rings is 1. The van der Waals surface area contributed by atoms with Crippen LogP contribution in [0.2, 0.25) is 9.62 Å². The summed E-state index contributed by atoms with van der Waals surface area (Å²) in [7, 11) is 0. The summed E-state index contributed by atoms with van der Waals surface area (Å²) in [6.45, 7) is 11.3. The van der Waals surface area contributed by atoms with Crippen molar-refractivity contribution in [3.05, 3.63) is 68.9 Å². The molecular weight excluding hydrogens is 423 g/mol. The molecule has 0 spiro atoms. The van der Waals surface area contributed by atoms with E-state index in [2.05, 4.69) is 60.6 Å². The largest absolute Gasteiger partial charge is 0.245 e. The first-order valence-electron chi connectivity index (χ1n) is 9.56. The smallest absolute Gasteiger partial charge is 0.183 e. The van der Waals surface area contributed by atoms with E-state index < -0.39 is 0 Å². The van der Waals surface area contributed by atoms with Crippen LogP contribution < -0.4 is 0 Å².